The Labute approximate surface area is 227 Å². The highest BCUT2D eigenvalue weighted by Crippen LogP contribution is 2.28. The number of aryl methyl sites for hydroxylation is 2. The van der Waals surface area contributed by atoms with Crippen LogP contribution in [0.25, 0.3) is 5.76 Å². The molecule has 0 spiro atoms. The Morgan fingerprint density at radius 2 is 1.50 bits per heavy atom. The Balaban J connectivity index is 1.66. The number of hydrogen-bond donors (Lipinski definition) is 2. The summed E-state index contributed by atoms with van der Waals surface area (Å²) in [6.45, 7) is 2.94. The Bertz CT molecular complexity index is 1820. The van der Waals surface area contributed by atoms with Gasteiger partial charge in [-0.2, -0.15) is 14.8 Å². The van der Waals surface area contributed by atoms with Crippen molar-refractivity contribution in [3.05, 3.63) is 94.7 Å². The summed E-state index contributed by atoms with van der Waals surface area (Å²) in [5.74, 6) is -2.26. The van der Waals surface area contributed by atoms with Gasteiger partial charge in [0.15, 0.2) is 11.3 Å². The van der Waals surface area contributed by atoms with Crippen LogP contribution in [0.1, 0.15) is 33.0 Å². The zero-order valence-electron chi connectivity index (χ0n) is 20.8. The van der Waals surface area contributed by atoms with Crippen LogP contribution in [0.5, 0.6) is 0 Å². The normalized spacial score (nSPS) is 11.6. The number of sulfonamides is 1. The number of amides is 2. The van der Waals surface area contributed by atoms with Crippen LogP contribution in [0.4, 0.5) is 11.4 Å². The van der Waals surface area contributed by atoms with Crippen molar-refractivity contribution in [2.45, 2.75) is 18.7 Å². The summed E-state index contributed by atoms with van der Waals surface area (Å²) in [4.78, 5) is 25.7. The van der Waals surface area contributed by atoms with Crippen molar-refractivity contribution in [3.8, 4) is 12.1 Å². The van der Waals surface area contributed by atoms with Gasteiger partial charge in [0.1, 0.15) is 23.2 Å². The van der Waals surface area contributed by atoms with Gasteiger partial charge < -0.3 is 19.5 Å². The number of nitrogens with one attached hydrogen (secondary N) is 1. The highest BCUT2D eigenvalue weighted by Gasteiger charge is 2.34. The van der Waals surface area contributed by atoms with Gasteiger partial charge in [0.2, 0.25) is 0 Å². The second-order valence-corrected chi connectivity index (χ2v) is 9.93. The number of aliphatic hydroxyl groups excluding tert-OH is 1. The van der Waals surface area contributed by atoms with Crippen molar-refractivity contribution < 1.29 is 32.2 Å². The first kappa shape index (κ1) is 27.3. The molecular weight excluding hydrogens is 540 g/mol. The minimum absolute atomic E-state index is 0.0368. The van der Waals surface area contributed by atoms with E-state index in [2.05, 4.69) is 15.6 Å². The summed E-state index contributed by atoms with van der Waals surface area (Å²) in [6.07, 6.45) is 2.25. The van der Waals surface area contributed by atoms with Crippen LogP contribution in [0.2, 0.25) is 0 Å². The van der Waals surface area contributed by atoms with E-state index in [4.69, 9.17) is 14.3 Å². The average Bonchev–Trinajstić information content (AvgIpc) is 3.57. The molecule has 0 saturated heterocycles. The lowest BCUT2D eigenvalue weighted by molar-refractivity contribution is -0.112. The van der Waals surface area contributed by atoms with Gasteiger partial charge in [-0.3, -0.25) is 9.59 Å². The number of carbonyl (C=O) groups is 2. The number of carbonyl (C=O) groups excluding carboxylic acids is 2. The third kappa shape index (κ3) is 5.15. The summed E-state index contributed by atoms with van der Waals surface area (Å²) in [5, 5.41) is 38.3. The molecular formula is C26H18N6O7S. The van der Waals surface area contributed by atoms with E-state index < -0.39 is 33.2 Å². The lowest BCUT2D eigenvalue weighted by atomic mass is 10.1. The number of benzene rings is 2. The Morgan fingerprint density at radius 1 is 0.925 bits per heavy atom. The molecule has 0 aliphatic heterocycles. The molecule has 0 fully saturated rings. The predicted molar refractivity (Wildman–Crippen MR) is 138 cm³/mol. The highest BCUT2D eigenvalue weighted by molar-refractivity contribution is 7.93. The van der Waals surface area contributed by atoms with Gasteiger partial charge in [0.05, 0.1) is 40.2 Å². The smallest absolute Gasteiger partial charge is 0.277 e. The SMILES string of the molecule is Cc1oncc1C(=O)N(c1ccc(C#N)cc1)S(=O)(=O)c1ccc(NC(=O)/C(C#N)=C(\O)c2cnoc2C)cc1. The molecule has 2 aromatic carbocycles. The summed E-state index contributed by atoms with van der Waals surface area (Å²) in [5.41, 5.74) is -0.335. The van der Waals surface area contributed by atoms with Crippen LogP contribution >= 0.6 is 0 Å². The second kappa shape index (κ2) is 10.9. The van der Waals surface area contributed by atoms with E-state index in [0.717, 1.165) is 24.5 Å². The molecule has 4 rings (SSSR count). The largest absolute Gasteiger partial charge is 0.506 e. The molecule has 40 heavy (non-hydrogen) atoms. The fourth-order valence-electron chi connectivity index (χ4n) is 3.53. The van der Waals surface area contributed by atoms with Gasteiger partial charge >= 0.3 is 0 Å². The number of aromatic nitrogens is 2. The van der Waals surface area contributed by atoms with Gasteiger partial charge in [0, 0.05) is 5.69 Å². The average molecular weight is 559 g/mol. The van der Waals surface area contributed by atoms with Crippen LogP contribution in [0, 0.1) is 36.5 Å². The van der Waals surface area contributed by atoms with Crippen LogP contribution in [0.3, 0.4) is 0 Å². The molecule has 0 saturated carbocycles. The molecule has 0 aliphatic carbocycles. The van der Waals surface area contributed by atoms with E-state index in [1.165, 1.54) is 50.2 Å². The molecule has 0 bridgehead atoms. The van der Waals surface area contributed by atoms with E-state index in [-0.39, 0.29) is 44.5 Å². The zero-order chi connectivity index (χ0) is 29.0. The van der Waals surface area contributed by atoms with E-state index >= 15 is 0 Å². The Morgan fingerprint density at radius 3 is 2.00 bits per heavy atom. The van der Waals surface area contributed by atoms with Crippen molar-refractivity contribution in [2.24, 2.45) is 0 Å². The van der Waals surface area contributed by atoms with Gasteiger partial charge in [-0.05, 0) is 62.4 Å². The standard InChI is InChI=1S/C26H18N6O7S/c1-15-22(13-29-38-15)24(33)21(12-28)25(34)31-18-5-9-20(10-6-18)40(36,37)32(19-7-3-17(11-27)4-8-19)26(35)23-14-30-39-16(23)2/h3-10,13-14,33H,1-2H3,(H,31,34)/b24-21-. The second-order valence-electron chi connectivity index (χ2n) is 8.14. The minimum atomic E-state index is -4.53. The molecule has 14 heteroatoms. The maximum Gasteiger partial charge on any atom is 0.277 e. The molecule has 200 valence electrons. The maximum atomic E-state index is 13.7. The lowest BCUT2D eigenvalue weighted by Gasteiger charge is -2.22. The molecule has 0 atom stereocenters. The number of hydrogen-bond acceptors (Lipinski definition) is 11. The van der Waals surface area contributed by atoms with Gasteiger partial charge in [-0.25, -0.2) is 8.42 Å². The number of nitriles is 2. The molecule has 2 amide bonds. The fourth-order valence-corrected chi connectivity index (χ4v) is 4.94. The Kier molecular flexibility index (Phi) is 7.47. The summed E-state index contributed by atoms with van der Waals surface area (Å²) in [7, 11) is -4.53. The number of anilines is 2. The molecule has 0 unspecified atom stereocenters. The highest BCUT2D eigenvalue weighted by atomic mass is 32.2. The molecule has 2 N–H and O–H groups in total. The number of nitrogens with zero attached hydrogens (tertiary/aromatic N) is 5. The van der Waals surface area contributed by atoms with E-state index in [0.29, 0.717) is 4.31 Å². The fraction of sp³-hybridized carbons (Fsp3) is 0.0769. The van der Waals surface area contributed by atoms with Crippen molar-refractivity contribution in [2.75, 3.05) is 9.62 Å². The quantitative estimate of drug-likeness (QED) is 0.190. The monoisotopic (exact) mass is 558 g/mol. The summed E-state index contributed by atoms with van der Waals surface area (Å²) >= 11 is 0. The van der Waals surface area contributed by atoms with Crippen molar-refractivity contribution in [1.82, 2.24) is 10.3 Å². The maximum absolute atomic E-state index is 13.7. The van der Waals surface area contributed by atoms with Crippen LogP contribution in [0.15, 0.2) is 80.4 Å². The molecule has 4 aromatic rings. The molecule has 0 aliphatic rings. The lowest BCUT2D eigenvalue weighted by Crippen LogP contribution is -2.37. The topological polar surface area (TPSA) is 203 Å². The van der Waals surface area contributed by atoms with Crippen molar-refractivity contribution in [1.29, 1.82) is 10.5 Å². The number of rotatable bonds is 7. The molecule has 0 radical (unpaired) electrons. The first-order chi connectivity index (χ1) is 19.1. The van der Waals surface area contributed by atoms with E-state index in [9.17, 15) is 28.4 Å². The predicted octanol–water partition coefficient (Wildman–Crippen LogP) is 3.62. The van der Waals surface area contributed by atoms with E-state index in [1.807, 2.05) is 6.07 Å². The van der Waals surface area contributed by atoms with Crippen molar-refractivity contribution in [3.63, 3.8) is 0 Å². The summed E-state index contributed by atoms with van der Waals surface area (Å²) in [6, 6.07) is 13.7. The minimum Gasteiger partial charge on any atom is -0.506 e. The summed E-state index contributed by atoms with van der Waals surface area (Å²) < 4.78 is 37.7. The van der Waals surface area contributed by atoms with Gasteiger partial charge in [-0.15, -0.1) is 0 Å². The Hall–Kier alpha value is -5.73. The van der Waals surface area contributed by atoms with Crippen LogP contribution < -0.4 is 9.62 Å². The molecule has 2 aromatic heterocycles. The van der Waals surface area contributed by atoms with Gasteiger partial charge in [0.25, 0.3) is 21.8 Å². The third-order valence-corrected chi connectivity index (χ3v) is 7.35. The third-order valence-electron chi connectivity index (χ3n) is 5.63. The molecule has 13 nitrogen and oxygen atoms in total. The zero-order valence-corrected chi connectivity index (χ0v) is 21.6. The molecule has 2 heterocycles. The van der Waals surface area contributed by atoms with Crippen molar-refractivity contribution >= 4 is 39.0 Å². The van der Waals surface area contributed by atoms with E-state index in [1.54, 1.807) is 6.07 Å². The van der Waals surface area contributed by atoms with Crippen LogP contribution in [-0.2, 0) is 14.8 Å². The van der Waals surface area contributed by atoms with Gasteiger partial charge in [-0.1, -0.05) is 10.3 Å². The number of aliphatic hydroxyl groups is 1. The van der Waals surface area contributed by atoms with Crippen LogP contribution in [-0.4, -0.2) is 35.7 Å². The first-order valence-electron chi connectivity index (χ1n) is 11.3. The first-order valence-corrected chi connectivity index (χ1v) is 12.7.